The maximum atomic E-state index is 13.6. The molecular formula is C38H57NO10. The van der Waals surface area contributed by atoms with Gasteiger partial charge in [-0.3, -0.25) is 19.2 Å². The number of rotatable bonds is 28. The number of ketones is 3. The lowest BCUT2D eigenvalue weighted by Gasteiger charge is -2.30. The van der Waals surface area contributed by atoms with E-state index in [0.717, 1.165) is 50.5 Å². The molecule has 0 unspecified atom stereocenters. The number of hydrogen-bond donors (Lipinski definition) is 5. The first-order chi connectivity index (χ1) is 23.4. The number of aliphatic carboxylic acids is 1. The lowest BCUT2D eigenvalue weighted by molar-refractivity contribution is -0.169. The van der Waals surface area contributed by atoms with Gasteiger partial charge in [0.05, 0.1) is 12.0 Å². The van der Waals surface area contributed by atoms with Crippen molar-refractivity contribution in [3.63, 3.8) is 0 Å². The largest absolute Gasteiger partial charge is 0.490 e. The number of hydrogen-bond acceptors (Lipinski definition) is 9. The van der Waals surface area contributed by atoms with Crippen molar-refractivity contribution in [2.75, 3.05) is 19.8 Å². The summed E-state index contributed by atoms with van der Waals surface area (Å²) in [6.07, 6.45) is 13.8. The number of carbonyl (C=O) groups excluding carboxylic acids is 4. The Morgan fingerprint density at radius 3 is 2.02 bits per heavy atom. The molecule has 0 fully saturated rings. The van der Waals surface area contributed by atoms with Gasteiger partial charge in [-0.1, -0.05) is 75.3 Å². The monoisotopic (exact) mass is 687 g/mol. The molecule has 0 heterocycles. The molecule has 1 aromatic carbocycles. The summed E-state index contributed by atoms with van der Waals surface area (Å²) in [7, 11) is 0. The number of amides is 1. The van der Waals surface area contributed by atoms with Crippen LogP contribution in [0.15, 0.2) is 48.1 Å². The van der Waals surface area contributed by atoms with Gasteiger partial charge in [0.25, 0.3) is 0 Å². The number of Topliss-reactive ketones (excluding diaryl/α,β-unsaturated/α-hetero) is 3. The predicted molar refractivity (Wildman–Crippen MR) is 187 cm³/mol. The van der Waals surface area contributed by atoms with E-state index in [1.54, 1.807) is 30.3 Å². The highest BCUT2D eigenvalue weighted by Gasteiger charge is 2.48. The molecule has 0 aromatic heterocycles. The highest BCUT2D eigenvalue weighted by molar-refractivity contribution is 5.97. The summed E-state index contributed by atoms with van der Waals surface area (Å²) in [5.41, 5.74) is -1.19. The lowest BCUT2D eigenvalue weighted by Crippen LogP contribution is -2.55. The molecule has 11 heteroatoms. The number of nitrogens with one attached hydrogen (secondary N) is 1. The topological polar surface area (TPSA) is 188 Å². The van der Waals surface area contributed by atoms with E-state index in [0.29, 0.717) is 43.6 Å². The fraction of sp³-hybridized carbons (Fsp3) is 0.605. The average molecular weight is 688 g/mol. The molecule has 0 aliphatic rings. The summed E-state index contributed by atoms with van der Waals surface area (Å²) in [5.74, 6) is -5.54. The molecular weight excluding hydrogens is 630 g/mol. The van der Waals surface area contributed by atoms with E-state index in [4.69, 9.17) is 4.74 Å². The third-order valence-corrected chi connectivity index (χ3v) is 8.24. The van der Waals surface area contributed by atoms with Gasteiger partial charge in [-0.05, 0) is 69.7 Å². The lowest BCUT2D eigenvalue weighted by atomic mass is 9.81. The molecule has 0 spiro atoms. The minimum absolute atomic E-state index is 0.0434. The van der Waals surface area contributed by atoms with Crippen LogP contribution in [0.5, 0.6) is 5.75 Å². The van der Waals surface area contributed by atoms with Crippen molar-refractivity contribution in [3.05, 3.63) is 53.6 Å². The van der Waals surface area contributed by atoms with Crippen molar-refractivity contribution in [2.24, 2.45) is 5.92 Å². The Kier molecular flexibility index (Phi) is 21.6. The van der Waals surface area contributed by atoms with Crippen LogP contribution in [0.25, 0.3) is 0 Å². The Balaban J connectivity index is 2.94. The number of carboxylic acid groups (broad SMARTS) is 1. The van der Waals surface area contributed by atoms with Crippen LogP contribution in [0, 0.1) is 5.92 Å². The van der Waals surface area contributed by atoms with Crippen LogP contribution in [-0.4, -0.2) is 81.1 Å². The van der Waals surface area contributed by atoms with Crippen LogP contribution < -0.4 is 10.1 Å². The first-order valence-electron chi connectivity index (χ1n) is 17.4. The summed E-state index contributed by atoms with van der Waals surface area (Å²) in [6.45, 7) is 4.50. The SMILES string of the molecule is CCCCCCCC(=O)CCCCCCC=C[C@H](C(=O)N[C@@H](Cc1ccc(OCC=C(C)C)cc1)C(=O)CO)[C@@](O)(CC(=O)CO)C(=O)O. The fourth-order valence-corrected chi connectivity index (χ4v) is 5.24. The zero-order valence-electron chi connectivity index (χ0n) is 29.5. The Morgan fingerprint density at radius 1 is 0.857 bits per heavy atom. The number of aliphatic hydroxyl groups is 3. The zero-order chi connectivity index (χ0) is 36.7. The van der Waals surface area contributed by atoms with Crippen molar-refractivity contribution in [1.82, 2.24) is 5.32 Å². The van der Waals surface area contributed by atoms with E-state index in [2.05, 4.69) is 12.2 Å². The highest BCUT2D eigenvalue weighted by atomic mass is 16.5. The maximum Gasteiger partial charge on any atom is 0.337 e. The molecule has 1 aromatic rings. The minimum Gasteiger partial charge on any atom is -0.490 e. The summed E-state index contributed by atoms with van der Waals surface area (Å²) in [6, 6.07) is 5.50. The molecule has 0 aliphatic heterocycles. The van der Waals surface area contributed by atoms with E-state index < -0.39 is 60.6 Å². The number of aliphatic hydroxyl groups excluding tert-OH is 2. The number of unbranched alkanes of at least 4 members (excludes halogenated alkanes) is 8. The Bertz CT molecular complexity index is 1240. The van der Waals surface area contributed by atoms with E-state index in [-0.39, 0.29) is 12.2 Å². The molecule has 0 bridgehead atoms. The van der Waals surface area contributed by atoms with Crippen LogP contribution in [0.4, 0.5) is 0 Å². The molecule has 0 saturated heterocycles. The van der Waals surface area contributed by atoms with Gasteiger partial charge in [-0.25, -0.2) is 4.79 Å². The van der Waals surface area contributed by atoms with Gasteiger partial charge in [0, 0.05) is 19.3 Å². The smallest absolute Gasteiger partial charge is 0.337 e. The molecule has 274 valence electrons. The fourth-order valence-electron chi connectivity index (χ4n) is 5.24. The van der Waals surface area contributed by atoms with Crippen LogP contribution in [0.2, 0.25) is 0 Å². The van der Waals surface area contributed by atoms with Crippen molar-refractivity contribution in [2.45, 2.75) is 122 Å². The normalized spacial score (nSPS) is 13.7. The van der Waals surface area contributed by atoms with Crippen molar-refractivity contribution < 1.29 is 49.1 Å². The second-order valence-corrected chi connectivity index (χ2v) is 12.8. The third-order valence-electron chi connectivity index (χ3n) is 8.24. The van der Waals surface area contributed by atoms with Crippen LogP contribution in [0.3, 0.4) is 0 Å². The molecule has 49 heavy (non-hydrogen) atoms. The summed E-state index contributed by atoms with van der Waals surface area (Å²) in [5, 5.41) is 42.4. The second-order valence-electron chi connectivity index (χ2n) is 12.8. The van der Waals surface area contributed by atoms with Crippen LogP contribution >= 0.6 is 0 Å². The minimum atomic E-state index is -2.91. The standard InChI is InChI=1S/C38H57NO10/c1-4-5-6-9-12-15-30(42)16-13-10-7-8-11-14-17-33(38(48,37(46)47)25-31(43)26-40)36(45)39-34(35(44)27-41)24-29-18-20-32(21-19-29)49-23-22-28(2)3/h14,17-22,33-34,40-41,48H,4-13,15-16,23-27H2,1-3H3,(H,39,45)(H,46,47)/t33-,34+,38+/m1/s1. The first-order valence-corrected chi connectivity index (χ1v) is 17.4. The molecule has 5 N–H and O–H groups in total. The number of carbonyl (C=O) groups is 5. The third kappa shape index (κ3) is 17.5. The number of ether oxygens (including phenoxy) is 1. The molecule has 3 atom stereocenters. The molecule has 0 saturated carbocycles. The van der Waals surface area contributed by atoms with E-state index in [1.165, 1.54) is 12.5 Å². The second kappa shape index (κ2) is 24.5. The van der Waals surface area contributed by atoms with Gasteiger partial charge in [0.1, 0.15) is 31.4 Å². The molecule has 1 rings (SSSR count). The van der Waals surface area contributed by atoms with Gasteiger partial charge in [-0.2, -0.15) is 0 Å². The van der Waals surface area contributed by atoms with Gasteiger partial charge in [0.2, 0.25) is 5.91 Å². The summed E-state index contributed by atoms with van der Waals surface area (Å²) in [4.78, 5) is 62.7. The molecule has 0 aliphatic carbocycles. The van der Waals surface area contributed by atoms with Gasteiger partial charge < -0.3 is 30.5 Å². The van der Waals surface area contributed by atoms with E-state index in [9.17, 15) is 44.4 Å². The summed E-state index contributed by atoms with van der Waals surface area (Å²) < 4.78 is 5.65. The maximum absolute atomic E-state index is 13.6. The summed E-state index contributed by atoms with van der Waals surface area (Å²) >= 11 is 0. The van der Waals surface area contributed by atoms with Gasteiger partial charge in [0.15, 0.2) is 17.2 Å². The zero-order valence-corrected chi connectivity index (χ0v) is 29.5. The van der Waals surface area contributed by atoms with E-state index >= 15 is 0 Å². The number of allylic oxidation sites excluding steroid dienone is 2. The van der Waals surface area contributed by atoms with Crippen LogP contribution in [-0.2, 0) is 30.4 Å². The Morgan fingerprint density at radius 2 is 1.47 bits per heavy atom. The van der Waals surface area contributed by atoms with Crippen molar-refractivity contribution in [3.8, 4) is 5.75 Å². The van der Waals surface area contributed by atoms with Crippen LogP contribution in [0.1, 0.15) is 110 Å². The van der Waals surface area contributed by atoms with Gasteiger partial charge in [-0.15, -0.1) is 0 Å². The quantitative estimate of drug-likeness (QED) is 0.0603. The van der Waals surface area contributed by atoms with Gasteiger partial charge >= 0.3 is 5.97 Å². The first kappa shape index (κ1) is 43.4. The van der Waals surface area contributed by atoms with Crippen molar-refractivity contribution >= 4 is 29.2 Å². The molecule has 0 radical (unpaired) electrons. The highest BCUT2D eigenvalue weighted by Crippen LogP contribution is 2.26. The molecule has 11 nitrogen and oxygen atoms in total. The van der Waals surface area contributed by atoms with E-state index in [1.807, 2.05) is 19.9 Å². The molecule has 1 amide bonds. The number of carboxylic acids is 1. The predicted octanol–water partition coefficient (Wildman–Crippen LogP) is 4.83. The van der Waals surface area contributed by atoms with Crippen molar-refractivity contribution in [1.29, 1.82) is 0 Å². The number of benzene rings is 1. The average Bonchev–Trinajstić information content (AvgIpc) is 3.07. The Hall–Kier alpha value is -3.67. The Labute approximate surface area is 290 Å².